The molecule has 0 aliphatic rings. The van der Waals surface area contributed by atoms with E-state index in [1.807, 2.05) is 6.08 Å². The summed E-state index contributed by atoms with van der Waals surface area (Å²) in [6.45, 7) is 2.18. The standard InChI is InChI=1S/C7H13Cl2PS/c1-2-3-4-5-6-7-10(8,9)11/h6-7H,2-5H2,1H3. The SMILES string of the molecule is CCCCCC=CP(=S)(Cl)Cl. The molecule has 4 heteroatoms. The monoisotopic (exact) mass is 230 g/mol. The highest BCUT2D eigenvalue weighted by Crippen LogP contribution is 2.58. The second kappa shape index (κ2) is 6.48. The highest BCUT2D eigenvalue weighted by Gasteiger charge is 1.99. The van der Waals surface area contributed by atoms with Gasteiger partial charge in [0, 0.05) is 0 Å². The molecule has 0 rings (SSSR count). The van der Waals surface area contributed by atoms with Crippen LogP contribution in [0.4, 0.5) is 0 Å². The van der Waals surface area contributed by atoms with Gasteiger partial charge in [0.2, 0.25) is 0 Å². The minimum absolute atomic E-state index is 1.05. The van der Waals surface area contributed by atoms with Crippen LogP contribution in [0.3, 0.4) is 0 Å². The van der Waals surface area contributed by atoms with Crippen LogP contribution in [0.1, 0.15) is 32.6 Å². The average Bonchev–Trinajstić information content (AvgIpc) is 1.85. The summed E-state index contributed by atoms with van der Waals surface area (Å²) in [7, 11) is 0. The van der Waals surface area contributed by atoms with Crippen molar-refractivity contribution in [1.82, 2.24) is 0 Å². The van der Waals surface area contributed by atoms with Gasteiger partial charge in [-0.15, -0.1) is 0 Å². The first-order valence-corrected chi connectivity index (χ1v) is 8.41. The Morgan fingerprint density at radius 1 is 1.36 bits per heavy atom. The summed E-state index contributed by atoms with van der Waals surface area (Å²) in [4.78, 5) is 0. The molecule has 0 saturated carbocycles. The Morgan fingerprint density at radius 2 is 2.00 bits per heavy atom. The quantitative estimate of drug-likeness (QED) is 0.480. The van der Waals surface area contributed by atoms with Crippen LogP contribution in [0.15, 0.2) is 11.9 Å². The molecule has 0 saturated heterocycles. The fourth-order valence-corrected chi connectivity index (χ4v) is 1.84. The zero-order chi connectivity index (χ0) is 8.74. The zero-order valence-corrected chi connectivity index (χ0v) is 9.82. The average molecular weight is 231 g/mol. The third-order valence-corrected chi connectivity index (χ3v) is 2.85. The van der Waals surface area contributed by atoms with E-state index in [1.54, 1.807) is 5.82 Å². The van der Waals surface area contributed by atoms with E-state index in [0.717, 1.165) is 6.42 Å². The number of halogens is 2. The highest BCUT2D eigenvalue weighted by molar-refractivity contribution is 8.40. The van der Waals surface area contributed by atoms with Gasteiger partial charge in [-0.1, -0.05) is 60.1 Å². The molecule has 11 heavy (non-hydrogen) atoms. The van der Waals surface area contributed by atoms with E-state index >= 15 is 0 Å². The summed E-state index contributed by atoms with van der Waals surface area (Å²) in [5.41, 5.74) is 0. The van der Waals surface area contributed by atoms with Gasteiger partial charge in [0.05, 0.1) is 0 Å². The number of hydrogen-bond acceptors (Lipinski definition) is 1. The Bertz CT molecular complexity index is 162. The van der Waals surface area contributed by atoms with E-state index in [9.17, 15) is 0 Å². The van der Waals surface area contributed by atoms with Gasteiger partial charge in [0.15, 0.2) is 0 Å². The lowest BCUT2D eigenvalue weighted by molar-refractivity contribution is 0.729. The Balaban J connectivity index is 3.38. The normalized spacial score (nSPS) is 12.6. The molecular formula is C7H13Cl2PS. The van der Waals surface area contributed by atoms with Gasteiger partial charge in [-0.25, -0.2) is 0 Å². The molecule has 0 fully saturated rings. The predicted octanol–water partition coefficient (Wildman–Crippen LogP) is 4.87. The third-order valence-electron chi connectivity index (χ3n) is 1.25. The van der Waals surface area contributed by atoms with Crippen LogP contribution < -0.4 is 0 Å². The van der Waals surface area contributed by atoms with Crippen LogP contribution >= 0.6 is 27.2 Å². The van der Waals surface area contributed by atoms with Crippen LogP contribution in [0.2, 0.25) is 0 Å². The van der Waals surface area contributed by atoms with Crippen molar-refractivity contribution in [3.05, 3.63) is 11.9 Å². The van der Waals surface area contributed by atoms with Gasteiger partial charge in [-0.2, -0.15) is 0 Å². The Kier molecular flexibility index (Phi) is 7.05. The van der Waals surface area contributed by atoms with Crippen LogP contribution in [0.5, 0.6) is 0 Å². The van der Waals surface area contributed by atoms with Crippen molar-refractivity contribution in [1.29, 1.82) is 0 Å². The zero-order valence-electron chi connectivity index (χ0n) is 6.59. The van der Waals surface area contributed by atoms with Gasteiger partial charge >= 0.3 is 0 Å². The van der Waals surface area contributed by atoms with Crippen LogP contribution in [-0.4, -0.2) is 0 Å². The number of hydrogen-bond donors (Lipinski definition) is 0. The third kappa shape index (κ3) is 11.0. The van der Waals surface area contributed by atoms with Crippen molar-refractivity contribution in [2.45, 2.75) is 32.6 Å². The molecule has 0 atom stereocenters. The summed E-state index contributed by atoms with van der Waals surface area (Å²) >= 11 is 16.1. The molecule has 0 aliphatic heterocycles. The first-order valence-electron chi connectivity index (χ1n) is 3.73. The molecule has 0 bridgehead atoms. The minimum Gasteiger partial charge on any atom is -0.0811 e. The molecule has 0 spiro atoms. The molecule has 0 aromatic heterocycles. The van der Waals surface area contributed by atoms with Crippen molar-refractivity contribution in [2.75, 3.05) is 0 Å². The van der Waals surface area contributed by atoms with E-state index in [-0.39, 0.29) is 0 Å². The number of allylic oxidation sites excluding steroid dienone is 1. The van der Waals surface area contributed by atoms with Crippen molar-refractivity contribution >= 4 is 39.0 Å². The molecular weight excluding hydrogens is 218 g/mol. The molecule has 66 valence electrons. The summed E-state index contributed by atoms with van der Waals surface area (Å²) in [6.07, 6.45) is 6.75. The summed E-state index contributed by atoms with van der Waals surface area (Å²) in [5, 5.41) is 0. The second-order valence-corrected chi connectivity index (χ2v) is 10.3. The summed E-state index contributed by atoms with van der Waals surface area (Å²) in [5.74, 6) is 1.76. The fourth-order valence-electron chi connectivity index (χ4n) is 0.709. The van der Waals surface area contributed by atoms with Crippen LogP contribution in [0, 0.1) is 0 Å². The Morgan fingerprint density at radius 3 is 2.45 bits per heavy atom. The maximum Gasteiger partial charge on any atom is 0.140 e. The van der Waals surface area contributed by atoms with Crippen LogP contribution in [0.25, 0.3) is 0 Å². The van der Waals surface area contributed by atoms with Crippen molar-refractivity contribution in [3.63, 3.8) is 0 Å². The number of unbranched alkanes of at least 4 members (excludes halogenated alkanes) is 3. The van der Waals surface area contributed by atoms with E-state index in [1.165, 1.54) is 19.3 Å². The lowest BCUT2D eigenvalue weighted by Crippen LogP contribution is -1.69. The van der Waals surface area contributed by atoms with Gasteiger partial charge in [0.1, 0.15) is 4.74 Å². The smallest absolute Gasteiger partial charge is 0.0811 e. The van der Waals surface area contributed by atoms with Gasteiger partial charge in [-0.05, 0) is 18.7 Å². The first-order chi connectivity index (χ1) is 5.06. The summed E-state index contributed by atoms with van der Waals surface area (Å²) < 4.78 is -2.12. The van der Waals surface area contributed by atoms with Gasteiger partial charge < -0.3 is 0 Å². The molecule has 0 heterocycles. The van der Waals surface area contributed by atoms with Gasteiger partial charge in [-0.3, -0.25) is 0 Å². The van der Waals surface area contributed by atoms with E-state index in [4.69, 9.17) is 34.3 Å². The highest BCUT2D eigenvalue weighted by atomic mass is 35.9. The van der Waals surface area contributed by atoms with Crippen LogP contribution in [-0.2, 0) is 11.8 Å². The fraction of sp³-hybridized carbons (Fsp3) is 0.714. The second-order valence-electron chi connectivity index (χ2n) is 2.38. The molecule has 0 aromatic carbocycles. The first kappa shape index (κ1) is 12.0. The van der Waals surface area contributed by atoms with E-state index in [2.05, 4.69) is 6.92 Å². The topological polar surface area (TPSA) is 0 Å². The lowest BCUT2D eigenvalue weighted by Gasteiger charge is -1.95. The summed E-state index contributed by atoms with van der Waals surface area (Å²) in [6, 6.07) is 0. The maximum atomic E-state index is 5.65. The van der Waals surface area contributed by atoms with Crippen molar-refractivity contribution in [2.24, 2.45) is 0 Å². The molecule has 0 amide bonds. The molecule has 0 N–H and O–H groups in total. The Hall–Kier alpha value is 0.970. The predicted molar refractivity (Wildman–Crippen MR) is 59.3 cm³/mol. The van der Waals surface area contributed by atoms with Crippen molar-refractivity contribution in [3.8, 4) is 0 Å². The molecule has 0 nitrogen and oxygen atoms in total. The lowest BCUT2D eigenvalue weighted by atomic mass is 10.2. The van der Waals surface area contributed by atoms with Gasteiger partial charge in [0.25, 0.3) is 0 Å². The van der Waals surface area contributed by atoms with E-state index in [0.29, 0.717) is 0 Å². The maximum absolute atomic E-state index is 5.65. The molecule has 0 unspecified atom stereocenters. The number of rotatable bonds is 5. The molecule has 0 aromatic rings. The molecule has 0 radical (unpaired) electrons. The van der Waals surface area contributed by atoms with Crippen molar-refractivity contribution < 1.29 is 0 Å². The minimum atomic E-state index is -2.12. The van der Waals surface area contributed by atoms with E-state index < -0.39 is 4.74 Å². The largest absolute Gasteiger partial charge is 0.140 e. The molecule has 0 aliphatic carbocycles. The Labute approximate surface area is 83.6 Å².